The lowest BCUT2D eigenvalue weighted by atomic mass is 10.1. The molecule has 0 spiro atoms. The summed E-state index contributed by atoms with van der Waals surface area (Å²) in [6.45, 7) is 9.95. The largest absolute Gasteiger partial charge is 0.396 e. The average Bonchev–Trinajstić information content (AvgIpc) is 2.48. The SMILES string of the molecule is CCNC1CN(C(C)C)CC1CO. The second-order valence-electron chi connectivity index (χ2n) is 4.15. The summed E-state index contributed by atoms with van der Waals surface area (Å²) in [4.78, 5) is 2.42. The van der Waals surface area contributed by atoms with Crippen LogP contribution in [0.4, 0.5) is 0 Å². The first kappa shape index (κ1) is 11.0. The van der Waals surface area contributed by atoms with Crippen LogP contribution in [-0.4, -0.2) is 48.3 Å². The monoisotopic (exact) mass is 186 g/mol. The molecule has 0 aromatic carbocycles. The van der Waals surface area contributed by atoms with Crippen molar-refractivity contribution in [1.82, 2.24) is 10.2 Å². The third kappa shape index (κ3) is 2.66. The Labute approximate surface area is 81.1 Å². The molecule has 3 nitrogen and oxygen atoms in total. The van der Waals surface area contributed by atoms with Gasteiger partial charge < -0.3 is 10.4 Å². The van der Waals surface area contributed by atoms with Crippen LogP contribution >= 0.6 is 0 Å². The minimum Gasteiger partial charge on any atom is -0.396 e. The molecule has 0 aromatic rings. The lowest BCUT2D eigenvalue weighted by Gasteiger charge is -2.20. The van der Waals surface area contributed by atoms with Gasteiger partial charge in [-0.1, -0.05) is 6.92 Å². The van der Waals surface area contributed by atoms with Gasteiger partial charge in [-0.3, -0.25) is 4.90 Å². The lowest BCUT2D eigenvalue weighted by Crippen LogP contribution is -2.38. The van der Waals surface area contributed by atoms with Crippen molar-refractivity contribution in [2.75, 3.05) is 26.2 Å². The highest BCUT2D eigenvalue weighted by Gasteiger charge is 2.32. The molecule has 1 aliphatic rings. The molecule has 0 saturated carbocycles. The number of hydrogen-bond acceptors (Lipinski definition) is 3. The molecular weight excluding hydrogens is 164 g/mol. The predicted octanol–water partition coefficient (Wildman–Crippen LogP) is 0.297. The van der Waals surface area contributed by atoms with E-state index >= 15 is 0 Å². The topological polar surface area (TPSA) is 35.5 Å². The highest BCUT2D eigenvalue weighted by Crippen LogP contribution is 2.18. The summed E-state index contributed by atoms with van der Waals surface area (Å²) in [6, 6.07) is 1.08. The van der Waals surface area contributed by atoms with Crippen molar-refractivity contribution in [3.05, 3.63) is 0 Å². The number of aliphatic hydroxyl groups is 1. The standard InChI is InChI=1S/C10H22N2O/c1-4-11-10-6-12(8(2)3)5-9(10)7-13/h8-11,13H,4-7H2,1-3H3. The Morgan fingerprint density at radius 1 is 1.46 bits per heavy atom. The van der Waals surface area contributed by atoms with Gasteiger partial charge in [0.25, 0.3) is 0 Å². The van der Waals surface area contributed by atoms with E-state index in [0.29, 0.717) is 24.6 Å². The van der Waals surface area contributed by atoms with Crippen LogP contribution in [0, 0.1) is 5.92 Å². The Morgan fingerprint density at radius 2 is 2.15 bits per heavy atom. The summed E-state index contributed by atoms with van der Waals surface area (Å²) >= 11 is 0. The smallest absolute Gasteiger partial charge is 0.0486 e. The summed E-state index contributed by atoms with van der Waals surface area (Å²) in [5.74, 6) is 0.419. The highest BCUT2D eigenvalue weighted by atomic mass is 16.3. The number of nitrogens with one attached hydrogen (secondary N) is 1. The highest BCUT2D eigenvalue weighted by molar-refractivity contribution is 4.89. The van der Waals surface area contributed by atoms with Crippen molar-refractivity contribution in [3.8, 4) is 0 Å². The molecule has 1 fully saturated rings. The summed E-state index contributed by atoms with van der Waals surface area (Å²) in [5, 5.41) is 12.6. The van der Waals surface area contributed by atoms with Gasteiger partial charge in [0.1, 0.15) is 0 Å². The van der Waals surface area contributed by atoms with E-state index in [9.17, 15) is 5.11 Å². The van der Waals surface area contributed by atoms with E-state index in [-0.39, 0.29) is 0 Å². The van der Waals surface area contributed by atoms with E-state index in [1.165, 1.54) is 0 Å². The molecule has 78 valence electrons. The van der Waals surface area contributed by atoms with Gasteiger partial charge in [0.05, 0.1) is 0 Å². The van der Waals surface area contributed by atoms with Gasteiger partial charge in [0.15, 0.2) is 0 Å². The molecule has 3 heteroatoms. The molecule has 0 bridgehead atoms. The molecule has 2 atom stereocenters. The number of aliphatic hydroxyl groups excluding tert-OH is 1. The van der Waals surface area contributed by atoms with Gasteiger partial charge in [-0.15, -0.1) is 0 Å². The molecule has 13 heavy (non-hydrogen) atoms. The third-order valence-corrected chi connectivity index (χ3v) is 2.90. The van der Waals surface area contributed by atoms with E-state index in [1.54, 1.807) is 0 Å². The van der Waals surface area contributed by atoms with Gasteiger partial charge in [0.2, 0.25) is 0 Å². The Morgan fingerprint density at radius 3 is 2.62 bits per heavy atom. The lowest BCUT2D eigenvalue weighted by molar-refractivity contribution is 0.201. The molecule has 1 heterocycles. The maximum atomic E-state index is 9.20. The summed E-state index contributed by atoms with van der Waals surface area (Å²) in [5.41, 5.74) is 0. The van der Waals surface area contributed by atoms with E-state index in [1.807, 2.05) is 0 Å². The maximum absolute atomic E-state index is 9.20. The van der Waals surface area contributed by atoms with Crippen molar-refractivity contribution in [3.63, 3.8) is 0 Å². The van der Waals surface area contributed by atoms with Crippen molar-refractivity contribution >= 4 is 0 Å². The number of likely N-dealkylation sites (N-methyl/N-ethyl adjacent to an activating group) is 1. The molecule has 2 unspecified atom stereocenters. The number of hydrogen-bond donors (Lipinski definition) is 2. The second kappa shape index (κ2) is 4.94. The fourth-order valence-corrected chi connectivity index (χ4v) is 2.00. The first-order valence-electron chi connectivity index (χ1n) is 5.27. The third-order valence-electron chi connectivity index (χ3n) is 2.90. The maximum Gasteiger partial charge on any atom is 0.0486 e. The molecular formula is C10H22N2O. The van der Waals surface area contributed by atoms with Crippen LogP contribution in [0.1, 0.15) is 20.8 Å². The van der Waals surface area contributed by atoms with Gasteiger partial charge in [-0.05, 0) is 20.4 Å². The summed E-state index contributed by atoms with van der Waals surface area (Å²) < 4.78 is 0. The zero-order valence-electron chi connectivity index (χ0n) is 8.95. The van der Waals surface area contributed by atoms with Crippen LogP contribution in [0.2, 0.25) is 0 Å². The quantitative estimate of drug-likeness (QED) is 0.663. The fraction of sp³-hybridized carbons (Fsp3) is 1.00. The molecule has 1 rings (SSSR count). The van der Waals surface area contributed by atoms with Crippen LogP contribution in [0.15, 0.2) is 0 Å². The Bertz CT molecular complexity index is 150. The van der Waals surface area contributed by atoms with E-state index in [4.69, 9.17) is 0 Å². The summed E-state index contributed by atoms with van der Waals surface area (Å²) in [7, 11) is 0. The average molecular weight is 186 g/mol. The zero-order chi connectivity index (χ0) is 9.84. The van der Waals surface area contributed by atoms with Gasteiger partial charge in [-0.2, -0.15) is 0 Å². The molecule has 0 aliphatic carbocycles. The Balaban J connectivity index is 2.45. The Hall–Kier alpha value is -0.120. The minimum absolute atomic E-state index is 0.306. The van der Waals surface area contributed by atoms with Crippen molar-refractivity contribution in [2.24, 2.45) is 5.92 Å². The second-order valence-corrected chi connectivity index (χ2v) is 4.15. The normalized spacial score (nSPS) is 30.2. The molecule has 0 amide bonds. The van der Waals surface area contributed by atoms with Crippen LogP contribution < -0.4 is 5.32 Å². The number of likely N-dealkylation sites (tertiary alicyclic amines) is 1. The van der Waals surface area contributed by atoms with Crippen molar-refractivity contribution < 1.29 is 5.11 Å². The Kier molecular flexibility index (Phi) is 4.16. The molecule has 1 aliphatic heterocycles. The fourth-order valence-electron chi connectivity index (χ4n) is 2.00. The predicted molar refractivity (Wildman–Crippen MR) is 54.7 cm³/mol. The van der Waals surface area contributed by atoms with E-state index < -0.39 is 0 Å². The first-order chi connectivity index (χ1) is 6.19. The van der Waals surface area contributed by atoms with Crippen LogP contribution in [0.5, 0.6) is 0 Å². The van der Waals surface area contributed by atoms with Crippen LogP contribution in [-0.2, 0) is 0 Å². The van der Waals surface area contributed by atoms with Crippen molar-refractivity contribution in [2.45, 2.75) is 32.9 Å². The zero-order valence-corrected chi connectivity index (χ0v) is 8.95. The minimum atomic E-state index is 0.306. The number of nitrogens with zero attached hydrogens (tertiary/aromatic N) is 1. The molecule has 0 aromatic heterocycles. The van der Waals surface area contributed by atoms with Crippen molar-refractivity contribution in [1.29, 1.82) is 0 Å². The van der Waals surface area contributed by atoms with Crippen LogP contribution in [0.25, 0.3) is 0 Å². The summed E-state index contributed by atoms with van der Waals surface area (Å²) in [6.07, 6.45) is 0. The van der Waals surface area contributed by atoms with Gasteiger partial charge in [0, 0.05) is 37.7 Å². The van der Waals surface area contributed by atoms with Gasteiger partial charge in [-0.25, -0.2) is 0 Å². The first-order valence-corrected chi connectivity index (χ1v) is 5.27. The van der Waals surface area contributed by atoms with Crippen LogP contribution in [0.3, 0.4) is 0 Å². The van der Waals surface area contributed by atoms with E-state index in [0.717, 1.165) is 19.6 Å². The molecule has 0 radical (unpaired) electrons. The molecule has 1 saturated heterocycles. The molecule has 2 N–H and O–H groups in total. The number of rotatable bonds is 4. The van der Waals surface area contributed by atoms with Gasteiger partial charge >= 0.3 is 0 Å². The van der Waals surface area contributed by atoms with E-state index in [2.05, 4.69) is 31.0 Å².